The number of carbonyl (C=O) groups excluding carboxylic acids is 2. The molecule has 0 bridgehead atoms. The van der Waals surface area contributed by atoms with Gasteiger partial charge in [0.1, 0.15) is 12.4 Å². The Labute approximate surface area is 192 Å². The van der Waals surface area contributed by atoms with Gasteiger partial charge in [-0.15, -0.1) is 0 Å². The predicted molar refractivity (Wildman–Crippen MR) is 128 cm³/mol. The predicted octanol–water partition coefficient (Wildman–Crippen LogP) is 4.70. The Hall–Kier alpha value is -4.45. The molecule has 4 rings (SSSR count). The normalized spacial score (nSPS) is 10.3. The summed E-state index contributed by atoms with van der Waals surface area (Å²) in [6.45, 7) is 0.190. The molecule has 3 aromatic carbocycles. The molecule has 164 valence electrons. The van der Waals surface area contributed by atoms with Gasteiger partial charge in [0, 0.05) is 23.5 Å². The van der Waals surface area contributed by atoms with E-state index in [4.69, 9.17) is 4.74 Å². The molecule has 6 heteroatoms. The zero-order valence-corrected chi connectivity index (χ0v) is 17.9. The molecule has 4 aromatic rings. The summed E-state index contributed by atoms with van der Waals surface area (Å²) in [5, 5.41) is 5.42. The van der Waals surface area contributed by atoms with Crippen molar-refractivity contribution in [2.75, 3.05) is 11.9 Å². The first-order valence-corrected chi connectivity index (χ1v) is 10.5. The van der Waals surface area contributed by atoms with E-state index in [2.05, 4.69) is 15.6 Å². The van der Waals surface area contributed by atoms with Crippen LogP contribution in [0.4, 0.5) is 5.69 Å². The molecule has 2 amide bonds. The summed E-state index contributed by atoms with van der Waals surface area (Å²) >= 11 is 0. The van der Waals surface area contributed by atoms with Crippen LogP contribution in [0.5, 0.6) is 5.75 Å². The lowest BCUT2D eigenvalue weighted by atomic mass is 10.0. The lowest BCUT2D eigenvalue weighted by Gasteiger charge is -2.10. The second kappa shape index (κ2) is 10.7. The van der Waals surface area contributed by atoms with Gasteiger partial charge in [-0.05, 0) is 47.5 Å². The van der Waals surface area contributed by atoms with E-state index in [0.717, 1.165) is 16.8 Å². The van der Waals surface area contributed by atoms with Gasteiger partial charge in [0.25, 0.3) is 5.91 Å². The third-order valence-electron chi connectivity index (χ3n) is 4.89. The van der Waals surface area contributed by atoms with Gasteiger partial charge in [-0.1, -0.05) is 54.6 Å². The maximum atomic E-state index is 12.4. The highest BCUT2D eigenvalue weighted by molar-refractivity contribution is 5.99. The smallest absolute Gasteiger partial charge is 0.251 e. The molecule has 1 heterocycles. The number of aromatic nitrogens is 1. The van der Waals surface area contributed by atoms with Gasteiger partial charge in [0.2, 0.25) is 5.91 Å². The van der Waals surface area contributed by atoms with Crippen LogP contribution in [0.25, 0.3) is 11.1 Å². The minimum absolute atomic E-state index is 0.141. The molecule has 0 spiro atoms. The fourth-order valence-electron chi connectivity index (χ4n) is 3.22. The van der Waals surface area contributed by atoms with Crippen LogP contribution in [-0.4, -0.2) is 23.3 Å². The number of amides is 2. The van der Waals surface area contributed by atoms with Gasteiger partial charge in [0.05, 0.1) is 12.2 Å². The molecule has 0 radical (unpaired) electrons. The number of nitrogens with one attached hydrogen (secondary N) is 2. The van der Waals surface area contributed by atoms with Crippen molar-refractivity contribution < 1.29 is 14.3 Å². The second-order valence-corrected chi connectivity index (χ2v) is 7.31. The van der Waals surface area contributed by atoms with E-state index in [-0.39, 0.29) is 18.4 Å². The average molecular weight is 437 g/mol. The molecule has 2 N–H and O–H groups in total. The summed E-state index contributed by atoms with van der Waals surface area (Å²) in [6.07, 6.45) is 1.71. The Morgan fingerprint density at radius 2 is 1.55 bits per heavy atom. The summed E-state index contributed by atoms with van der Waals surface area (Å²) in [4.78, 5) is 28.9. The van der Waals surface area contributed by atoms with Gasteiger partial charge in [-0.2, -0.15) is 0 Å². The number of rotatable bonds is 8. The van der Waals surface area contributed by atoms with Crippen molar-refractivity contribution in [1.82, 2.24) is 10.3 Å². The molecule has 0 aliphatic carbocycles. The van der Waals surface area contributed by atoms with E-state index < -0.39 is 0 Å². The maximum Gasteiger partial charge on any atom is 0.251 e. The first-order chi connectivity index (χ1) is 16.2. The van der Waals surface area contributed by atoms with E-state index in [0.29, 0.717) is 23.6 Å². The standard InChI is InChI=1S/C27H23N3O3/c31-26(30-23-10-6-11-25(17-23)33-19-24-9-4-5-16-28-24)18-29-27(32)22-14-12-21(13-15-22)20-7-2-1-3-8-20/h1-17H,18-19H2,(H,29,32)(H,30,31). The number of hydrogen-bond donors (Lipinski definition) is 2. The number of nitrogens with zero attached hydrogens (tertiary/aromatic N) is 1. The summed E-state index contributed by atoms with van der Waals surface area (Å²) in [5.74, 6) is -0.0238. The monoisotopic (exact) mass is 437 g/mol. The van der Waals surface area contributed by atoms with Crippen LogP contribution in [0.1, 0.15) is 16.1 Å². The zero-order chi connectivity index (χ0) is 22.9. The third-order valence-corrected chi connectivity index (χ3v) is 4.89. The average Bonchev–Trinajstić information content (AvgIpc) is 2.87. The molecule has 0 saturated heterocycles. The Balaban J connectivity index is 1.27. The van der Waals surface area contributed by atoms with Crippen LogP contribution in [0.3, 0.4) is 0 Å². The zero-order valence-electron chi connectivity index (χ0n) is 17.9. The Bertz CT molecular complexity index is 1210. The first-order valence-electron chi connectivity index (χ1n) is 10.5. The van der Waals surface area contributed by atoms with E-state index in [1.807, 2.05) is 60.7 Å². The quantitative estimate of drug-likeness (QED) is 0.419. The molecular formula is C27H23N3O3. The van der Waals surface area contributed by atoms with Crippen molar-refractivity contribution >= 4 is 17.5 Å². The van der Waals surface area contributed by atoms with Crippen LogP contribution in [0.15, 0.2) is 103 Å². The topological polar surface area (TPSA) is 80.3 Å². The molecule has 0 atom stereocenters. The molecule has 0 aliphatic rings. The van der Waals surface area contributed by atoms with Gasteiger partial charge >= 0.3 is 0 Å². The molecule has 0 unspecified atom stereocenters. The van der Waals surface area contributed by atoms with E-state index >= 15 is 0 Å². The molecule has 0 fully saturated rings. The Morgan fingerprint density at radius 3 is 2.30 bits per heavy atom. The number of anilines is 1. The molecule has 6 nitrogen and oxygen atoms in total. The van der Waals surface area contributed by atoms with Crippen molar-refractivity contribution in [1.29, 1.82) is 0 Å². The van der Waals surface area contributed by atoms with Gasteiger partial charge < -0.3 is 15.4 Å². The first kappa shape index (κ1) is 21.8. The van der Waals surface area contributed by atoms with Gasteiger partial charge in [0.15, 0.2) is 0 Å². The van der Waals surface area contributed by atoms with Gasteiger partial charge in [-0.25, -0.2) is 0 Å². The van der Waals surface area contributed by atoms with Crippen LogP contribution in [0.2, 0.25) is 0 Å². The molecule has 0 aliphatic heterocycles. The minimum atomic E-state index is -0.328. The summed E-state index contributed by atoms with van der Waals surface area (Å²) < 4.78 is 5.73. The molecule has 1 aromatic heterocycles. The lowest BCUT2D eigenvalue weighted by molar-refractivity contribution is -0.115. The number of benzene rings is 3. The van der Waals surface area contributed by atoms with Crippen LogP contribution < -0.4 is 15.4 Å². The highest BCUT2D eigenvalue weighted by atomic mass is 16.5. The molecule has 33 heavy (non-hydrogen) atoms. The summed E-state index contributed by atoms with van der Waals surface area (Å²) in [7, 11) is 0. The van der Waals surface area contributed by atoms with Crippen LogP contribution in [0, 0.1) is 0 Å². The maximum absolute atomic E-state index is 12.4. The van der Waals surface area contributed by atoms with Crippen molar-refractivity contribution in [2.45, 2.75) is 6.61 Å². The Morgan fingerprint density at radius 1 is 0.788 bits per heavy atom. The summed E-state index contributed by atoms with van der Waals surface area (Å²) in [5.41, 5.74) is 3.99. The fraction of sp³-hybridized carbons (Fsp3) is 0.0741. The largest absolute Gasteiger partial charge is 0.487 e. The van der Waals surface area contributed by atoms with Crippen molar-refractivity contribution in [3.8, 4) is 16.9 Å². The number of ether oxygens (including phenoxy) is 1. The highest BCUT2D eigenvalue weighted by Gasteiger charge is 2.09. The number of hydrogen-bond acceptors (Lipinski definition) is 4. The van der Waals surface area contributed by atoms with E-state index in [9.17, 15) is 9.59 Å². The highest BCUT2D eigenvalue weighted by Crippen LogP contribution is 2.20. The van der Waals surface area contributed by atoms with Crippen molar-refractivity contribution in [3.63, 3.8) is 0 Å². The molecular weight excluding hydrogens is 414 g/mol. The number of pyridine rings is 1. The molecule has 0 saturated carbocycles. The number of carbonyl (C=O) groups is 2. The van der Waals surface area contributed by atoms with Crippen molar-refractivity contribution in [2.24, 2.45) is 0 Å². The SMILES string of the molecule is O=C(CNC(=O)c1ccc(-c2ccccc2)cc1)Nc1cccc(OCc2ccccn2)c1. The van der Waals surface area contributed by atoms with E-state index in [1.165, 1.54) is 0 Å². The lowest BCUT2D eigenvalue weighted by Crippen LogP contribution is -2.32. The van der Waals surface area contributed by atoms with Gasteiger partial charge in [-0.3, -0.25) is 14.6 Å². The van der Waals surface area contributed by atoms with E-state index in [1.54, 1.807) is 42.6 Å². The minimum Gasteiger partial charge on any atom is -0.487 e. The van der Waals surface area contributed by atoms with Crippen LogP contribution in [-0.2, 0) is 11.4 Å². The van der Waals surface area contributed by atoms with Crippen LogP contribution >= 0.6 is 0 Å². The third kappa shape index (κ3) is 6.27. The summed E-state index contributed by atoms with van der Waals surface area (Å²) in [6, 6.07) is 29.9. The second-order valence-electron chi connectivity index (χ2n) is 7.31. The van der Waals surface area contributed by atoms with Crippen molar-refractivity contribution in [3.05, 3.63) is 115 Å². The Kier molecular flexibility index (Phi) is 7.08. The fourth-order valence-corrected chi connectivity index (χ4v) is 3.22.